The van der Waals surface area contributed by atoms with Crippen LogP contribution in [-0.4, -0.2) is 21.7 Å². The Morgan fingerprint density at radius 1 is 1.36 bits per heavy atom. The number of carbonyl (C=O) groups excluding carboxylic acids is 1. The van der Waals surface area contributed by atoms with Crippen LogP contribution in [0.1, 0.15) is 40.4 Å². The molecular formula is C15H14F3N3O. The van der Waals surface area contributed by atoms with E-state index >= 15 is 0 Å². The third kappa shape index (κ3) is 2.84. The summed E-state index contributed by atoms with van der Waals surface area (Å²) in [5.74, 6) is -0.781. The second-order valence-corrected chi connectivity index (χ2v) is 5.38. The lowest BCUT2D eigenvalue weighted by molar-refractivity contribution is 0.0935. The monoisotopic (exact) mass is 309 g/mol. The Kier molecular flexibility index (Phi) is 3.64. The van der Waals surface area contributed by atoms with E-state index in [9.17, 15) is 18.0 Å². The molecule has 0 saturated heterocycles. The third-order valence-corrected chi connectivity index (χ3v) is 3.71. The van der Waals surface area contributed by atoms with E-state index in [1.54, 1.807) is 12.1 Å². The molecule has 7 heteroatoms. The average molecular weight is 309 g/mol. The van der Waals surface area contributed by atoms with Crippen LogP contribution in [0.2, 0.25) is 0 Å². The highest BCUT2D eigenvalue weighted by Gasteiger charge is 2.40. The summed E-state index contributed by atoms with van der Waals surface area (Å²) in [6.45, 7) is 0. The fourth-order valence-electron chi connectivity index (χ4n) is 2.52. The molecule has 1 aromatic carbocycles. The maximum atomic E-state index is 12.9. The molecule has 1 N–H and O–H groups in total. The normalized spacial score (nSPS) is 20.2. The Morgan fingerprint density at radius 2 is 2.05 bits per heavy atom. The molecule has 22 heavy (non-hydrogen) atoms. The first-order valence-corrected chi connectivity index (χ1v) is 6.83. The number of hydrogen-bond donors (Lipinski definition) is 1. The van der Waals surface area contributed by atoms with Gasteiger partial charge in [-0.15, -0.1) is 0 Å². The lowest BCUT2D eigenvalue weighted by Gasteiger charge is -2.05. The van der Waals surface area contributed by atoms with Crippen LogP contribution in [0.5, 0.6) is 0 Å². The number of halogens is 3. The number of aryl methyl sites for hydroxylation is 1. The summed E-state index contributed by atoms with van der Waals surface area (Å²) in [6.07, 6.45) is -0.803. The molecule has 2 atom stereocenters. The Hall–Kier alpha value is -2.31. The van der Waals surface area contributed by atoms with Gasteiger partial charge in [0.05, 0.1) is 5.56 Å². The zero-order valence-electron chi connectivity index (χ0n) is 11.8. The highest BCUT2D eigenvalue weighted by molar-refractivity contribution is 5.95. The largest absolute Gasteiger partial charge is 0.349 e. The molecule has 116 valence electrons. The minimum Gasteiger partial charge on any atom is -0.349 e. The van der Waals surface area contributed by atoms with Gasteiger partial charge in [0.2, 0.25) is 0 Å². The number of aromatic nitrogens is 2. The van der Waals surface area contributed by atoms with Gasteiger partial charge in [-0.25, -0.2) is 13.2 Å². The highest BCUT2D eigenvalue weighted by atomic mass is 19.3. The smallest absolute Gasteiger partial charge is 0.282 e. The van der Waals surface area contributed by atoms with E-state index in [2.05, 4.69) is 10.4 Å². The summed E-state index contributed by atoms with van der Waals surface area (Å²) in [7, 11) is 1.49. The zero-order chi connectivity index (χ0) is 15.9. The molecule has 0 radical (unpaired) electrons. The van der Waals surface area contributed by atoms with E-state index in [1.807, 2.05) is 0 Å². The number of amides is 1. The highest BCUT2D eigenvalue weighted by Crippen LogP contribution is 2.41. The first kappa shape index (κ1) is 14.6. The second-order valence-electron chi connectivity index (χ2n) is 5.38. The number of hydrogen-bond acceptors (Lipinski definition) is 2. The van der Waals surface area contributed by atoms with Crippen LogP contribution in [0.3, 0.4) is 0 Å². The molecule has 1 fully saturated rings. The van der Waals surface area contributed by atoms with Gasteiger partial charge in [-0.1, -0.05) is 12.1 Å². The molecular weight excluding hydrogens is 295 g/mol. The van der Waals surface area contributed by atoms with Gasteiger partial charge in [0.1, 0.15) is 11.5 Å². The van der Waals surface area contributed by atoms with Crippen molar-refractivity contribution in [1.82, 2.24) is 15.1 Å². The van der Waals surface area contributed by atoms with E-state index in [0.717, 1.165) is 5.56 Å². The summed E-state index contributed by atoms with van der Waals surface area (Å²) >= 11 is 0. The standard InChI is InChI=1S/C15H14F3N3O/c1-21-7-11(13(20-21)14(17)18)15(22)19-12-6-10(12)8-2-4-9(16)5-3-8/h2-5,7,10,12,14H,6H2,1H3,(H,19,22)/t10-,12?/m1/s1. The van der Waals surface area contributed by atoms with Crippen LogP contribution < -0.4 is 5.32 Å². The maximum Gasteiger partial charge on any atom is 0.282 e. The third-order valence-electron chi connectivity index (χ3n) is 3.71. The average Bonchev–Trinajstić information content (AvgIpc) is 3.10. The van der Waals surface area contributed by atoms with Crippen LogP contribution in [0.25, 0.3) is 0 Å². The van der Waals surface area contributed by atoms with Gasteiger partial charge in [-0.2, -0.15) is 5.10 Å². The molecule has 0 bridgehead atoms. The van der Waals surface area contributed by atoms with E-state index in [0.29, 0.717) is 6.42 Å². The number of alkyl halides is 2. The minimum atomic E-state index is -2.80. The molecule has 1 heterocycles. The van der Waals surface area contributed by atoms with Gasteiger partial charge in [-0.05, 0) is 24.1 Å². The fraction of sp³-hybridized carbons (Fsp3) is 0.333. The number of carbonyl (C=O) groups is 1. The predicted molar refractivity (Wildman–Crippen MR) is 73.2 cm³/mol. The molecule has 1 aromatic heterocycles. The SMILES string of the molecule is Cn1cc(C(=O)NC2C[C@@H]2c2ccc(F)cc2)c(C(F)F)n1. The Bertz CT molecular complexity index is 697. The van der Waals surface area contributed by atoms with Crippen molar-refractivity contribution < 1.29 is 18.0 Å². The van der Waals surface area contributed by atoms with E-state index < -0.39 is 18.0 Å². The summed E-state index contributed by atoms with van der Waals surface area (Å²) in [6, 6.07) is 5.94. The van der Waals surface area contributed by atoms with Crippen molar-refractivity contribution in [3.63, 3.8) is 0 Å². The van der Waals surface area contributed by atoms with Crippen LogP contribution in [0.15, 0.2) is 30.5 Å². The summed E-state index contributed by atoms with van der Waals surface area (Å²) in [5, 5.41) is 6.33. The lowest BCUT2D eigenvalue weighted by atomic mass is 10.1. The number of nitrogens with zero attached hydrogens (tertiary/aromatic N) is 2. The van der Waals surface area contributed by atoms with Crippen molar-refractivity contribution >= 4 is 5.91 Å². The minimum absolute atomic E-state index is 0.0937. The molecule has 0 aliphatic heterocycles. The van der Waals surface area contributed by atoms with Gasteiger partial charge in [-0.3, -0.25) is 9.48 Å². The molecule has 3 rings (SSSR count). The molecule has 2 aromatic rings. The predicted octanol–water partition coefficient (Wildman–Crippen LogP) is 2.78. The van der Waals surface area contributed by atoms with Crippen molar-refractivity contribution in [2.45, 2.75) is 24.8 Å². The van der Waals surface area contributed by atoms with Crippen LogP contribution in [0, 0.1) is 5.82 Å². The van der Waals surface area contributed by atoms with Crippen molar-refractivity contribution in [3.8, 4) is 0 Å². The van der Waals surface area contributed by atoms with Crippen LogP contribution in [0.4, 0.5) is 13.2 Å². The molecule has 1 saturated carbocycles. The van der Waals surface area contributed by atoms with Crippen molar-refractivity contribution in [2.75, 3.05) is 0 Å². The molecule has 4 nitrogen and oxygen atoms in total. The number of nitrogens with one attached hydrogen (secondary N) is 1. The Labute approximate surface area is 124 Å². The lowest BCUT2D eigenvalue weighted by Crippen LogP contribution is -2.27. The second kappa shape index (κ2) is 5.47. The Balaban J connectivity index is 1.68. The topological polar surface area (TPSA) is 46.9 Å². The number of rotatable bonds is 4. The van der Waals surface area contributed by atoms with E-state index in [4.69, 9.17) is 0 Å². The van der Waals surface area contributed by atoms with Gasteiger partial charge in [0.25, 0.3) is 12.3 Å². The van der Waals surface area contributed by atoms with E-state index in [1.165, 1.54) is 30.1 Å². The zero-order valence-corrected chi connectivity index (χ0v) is 11.8. The first-order chi connectivity index (χ1) is 10.5. The van der Waals surface area contributed by atoms with Gasteiger partial charge in [0.15, 0.2) is 0 Å². The molecule has 1 amide bonds. The van der Waals surface area contributed by atoms with Gasteiger partial charge in [0, 0.05) is 25.2 Å². The number of benzene rings is 1. The fourth-order valence-corrected chi connectivity index (χ4v) is 2.52. The Morgan fingerprint density at radius 3 is 2.68 bits per heavy atom. The molecule has 1 aliphatic rings. The van der Waals surface area contributed by atoms with Gasteiger partial charge >= 0.3 is 0 Å². The molecule has 1 unspecified atom stereocenters. The van der Waals surface area contributed by atoms with Crippen LogP contribution in [-0.2, 0) is 7.05 Å². The van der Waals surface area contributed by atoms with Crippen molar-refractivity contribution in [3.05, 3.63) is 53.1 Å². The maximum absolute atomic E-state index is 12.9. The van der Waals surface area contributed by atoms with Crippen LogP contribution >= 0.6 is 0 Å². The quantitative estimate of drug-likeness (QED) is 0.944. The summed E-state index contributed by atoms with van der Waals surface area (Å²) < 4.78 is 39.8. The van der Waals surface area contributed by atoms with E-state index in [-0.39, 0.29) is 23.3 Å². The van der Waals surface area contributed by atoms with Crippen molar-refractivity contribution in [2.24, 2.45) is 7.05 Å². The summed E-state index contributed by atoms with van der Waals surface area (Å²) in [4.78, 5) is 12.1. The first-order valence-electron chi connectivity index (χ1n) is 6.83. The molecule has 0 spiro atoms. The van der Waals surface area contributed by atoms with Crippen molar-refractivity contribution in [1.29, 1.82) is 0 Å². The summed E-state index contributed by atoms with van der Waals surface area (Å²) in [5.41, 5.74) is 0.299. The molecule has 1 aliphatic carbocycles. The van der Waals surface area contributed by atoms with Gasteiger partial charge < -0.3 is 5.32 Å².